The lowest BCUT2D eigenvalue weighted by atomic mass is 10.0. The summed E-state index contributed by atoms with van der Waals surface area (Å²) in [6.07, 6.45) is -2.50. The van der Waals surface area contributed by atoms with E-state index in [0.29, 0.717) is 29.5 Å². The summed E-state index contributed by atoms with van der Waals surface area (Å²) in [5.74, 6) is 0.798. The molecule has 1 aliphatic rings. The van der Waals surface area contributed by atoms with Gasteiger partial charge in [0.05, 0.1) is 39.1 Å². The molecule has 1 aliphatic heterocycles. The van der Waals surface area contributed by atoms with Crippen molar-refractivity contribution in [2.24, 2.45) is 0 Å². The van der Waals surface area contributed by atoms with Crippen LogP contribution >= 0.6 is 11.6 Å². The van der Waals surface area contributed by atoms with E-state index in [-0.39, 0.29) is 17.4 Å². The maximum absolute atomic E-state index is 13.7. The molecule has 2 unspecified atom stereocenters. The number of aromatic nitrogens is 2. The highest BCUT2D eigenvalue weighted by molar-refractivity contribution is 7.84. The van der Waals surface area contributed by atoms with Crippen LogP contribution in [-0.2, 0) is 11.0 Å². The zero-order chi connectivity index (χ0) is 27.7. The van der Waals surface area contributed by atoms with E-state index in [1.807, 2.05) is 6.07 Å². The van der Waals surface area contributed by atoms with Crippen LogP contribution in [0.25, 0.3) is 5.69 Å². The highest BCUT2D eigenvalue weighted by Gasteiger charge is 2.43. The van der Waals surface area contributed by atoms with Gasteiger partial charge in [-0.2, -0.15) is 13.2 Å². The minimum absolute atomic E-state index is 0.0828. The van der Waals surface area contributed by atoms with E-state index in [4.69, 9.17) is 16.3 Å². The van der Waals surface area contributed by atoms with Crippen LogP contribution in [0.1, 0.15) is 50.4 Å². The molecule has 0 spiro atoms. The fourth-order valence-corrected chi connectivity index (χ4v) is 4.88. The average Bonchev–Trinajstić information content (AvgIpc) is 3.30. The number of urea groups is 1. The molecular formula is C25H27ClF3N5O3S. The topological polar surface area (TPSA) is 97.3 Å². The van der Waals surface area contributed by atoms with Gasteiger partial charge in [0.2, 0.25) is 0 Å². The highest BCUT2D eigenvalue weighted by Crippen LogP contribution is 2.37. The summed E-state index contributed by atoms with van der Waals surface area (Å²) in [6.45, 7) is 5.18. The Kier molecular flexibility index (Phi) is 8.05. The van der Waals surface area contributed by atoms with Crippen molar-refractivity contribution in [2.45, 2.75) is 50.2 Å². The van der Waals surface area contributed by atoms with Crippen LogP contribution in [0, 0.1) is 0 Å². The molecule has 204 valence electrons. The molecule has 0 aliphatic carbocycles. The fourth-order valence-electron chi connectivity index (χ4n) is 3.81. The largest absolute Gasteiger partial charge is 0.492 e. The fraction of sp³-hybridized carbons (Fsp3) is 0.360. The summed E-state index contributed by atoms with van der Waals surface area (Å²) < 4.78 is 61.8. The van der Waals surface area contributed by atoms with Gasteiger partial charge < -0.3 is 10.1 Å². The van der Waals surface area contributed by atoms with Crippen molar-refractivity contribution in [1.82, 2.24) is 19.8 Å². The number of ether oxygens (including phenoxy) is 1. The maximum Gasteiger partial charge on any atom is 0.408 e. The van der Waals surface area contributed by atoms with Gasteiger partial charge in [-0.25, -0.2) is 18.4 Å². The van der Waals surface area contributed by atoms with Crippen LogP contribution in [0.5, 0.6) is 5.75 Å². The molecule has 4 rings (SSSR count). The van der Waals surface area contributed by atoms with Gasteiger partial charge in [0.1, 0.15) is 11.8 Å². The summed E-state index contributed by atoms with van der Waals surface area (Å²) in [5, 5.41) is 10.3. The first kappa shape index (κ1) is 27.9. The Hall–Kier alpha value is -3.09. The molecule has 0 saturated heterocycles. The molecule has 3 atom stereocenters. The van der Waals surface area contributed by atoms with Gasteiger partial charge >= 0.3 is 12.2 Å². The number of benzene rings is 2. The van der Waals surface area contributed by atoms with Crippen LogP contribution in [0.15, 0.2) is 54.7 Å². The molecule has 2 aromatic carbocycles. The van der Waals surface area contributed by atoms with E-state index < -0.39 is 34.0 Å². The zero-order valence-electron chi connectivity index (χ0n) is 20.8. The summed E-state index contributed by atoms with van der Waals surface area (Å²) in [7, 11) is -1.92. The molecule has 1 aromatic heterocycles. The molecule has 0 saturated carbocycles. The van der Waals surface area contributed by atoms with Crippen molar-refractivity contribution in [3.63, 3.8) is 0 Å². The van der Waals surface area contributed by atoms with E-state index in [0.717, 1.165) is 5.56 Å². The Morgan fingerprint density at radius 1 is 1.16 bits per heavy atom. The van der Waals surface area contributed by atoms with Gasteiger partial charge in [0.25, 0.3) is 0 Å². The number of nitrogens with zero attached hydrogens (tertiary/aromatic N) is 2. The van der Waals surface area contributed by atoms with Crippen LogP contribution in [-0.4, -0.2) is 37.6 Å². The number of fused-ring (bicyclic) bond motifs is 1. The molecule has 13 heteroatoms. The van der Waals surface area contributed by atoms with Crippen LogP contribution in [0.4, 0.5) is 23.8 Å². The second-order valence-corrected chi connectivity index (χ2v) is 12.1. The van der Waals surface area contributed by atoms with E-state index >= 15 is 0 Å². The van der Waals surface area contributed by atoms with Crippen molar-refractivity contribution in [3.05, 3.63) is 70.9 Å². The van der Waals surface area contributed by atoms with Crippen molar-refractivity contribution in [2.75, 3.05) is 11.9 Å². The third-order valence-electron chi connectivity index (χ3n) is 5.76. The number of para-hydroxylation sites is 1. The lowest BCUT2D eigenvalue weighted by Gasteiger charge is -2.27. The maximum atomic E-state index is 13.7. The second-order valence-electron chi connectivity index (χ2n) is 9.66. The van der Waals surface area contributed by atoms with Crippen LogP contribution in [0.2, 0.25) is 5.02 Å². The number of hydrogen-bond donors (Lipinski definition) is 3. The first-order valence-electron chi connectivity index (χ1n) is 11.7. The molecule has 2 amide bonds. The highest BCUT2D eigenvalue weighted by atomic mass is 35.5. The van der Waals surface area contributed by atoms with Gasteiger partial charge in [0, 0.05) is 24.2 Å². The minimum Gasteiger partial charge on any atom is -0.492 e. The number of halogens is 4. The predicted octanol–water partition coefficient (Wildman–Crippen LogP) is 5.83. The summed E-state index contributed by atoms with van der Waals surface area (Å²) in [5.41, 5.74) is 1.18. The molecule has 38 heavy (non-hydrogen) atoms. The Labute approximate surface area is 225 Å². The summed E-state index contributed by atoms with van der Waals surface area (Å²) >= 11 is 6.19. The summed E-state index contributed by atoms with van der Waals surface area (Å²) in [6, 6.07) is 9.57. The number of rotatable bonds is 6. The van der Waals surface area contributed by atoms with Crippen molar-refractivity contribution < 1.29 is 26.9 Å². The Balaban J connectivity index is 1.43. The smallest absolute Gasteiger partial charge is 0.408 e. The van der Waals surface area contributed by atoms with E-state index in [9.17, 15) is 22.2 Å². The zero-order valence-corrected chi connectivity index (χ0v) is 22.4. The molecule has 3 N–H and O–H groups in total. The van der Waals surface area contributed by atoms with Crippen LogP contribution < -0.4 is 20.1 Å². The number of carbonyl (C=O) groups excluding carboxylic acids is 1. The molecule has 2 heterocycles. The third kappa shape index (κ3) is 6.48. The van der Waals surface area contributed by atoms with E-state index in [2.05, 4.69) is 20.5 Å². The SMILES string of the molecule is CC(C)(C)S(=O)NC(c1ccc(-n2ccc(NC(=O)N[C@H]3CCOc4c(Cl)cccc43)n2)cc1)C(F)(F)F. The van der Waals surface area contributed by atoms with Gasteiger partial charge in [-0.3, -0.25) is 5.32 Å². The second kappa shape index (κ2) is 11.0. The third-order valence-corrected chi connectivity index (χ3v) is 7.62. The van der Waals surface area contributed by atoms with Crippen molar-refractivity contribution in [1.29, 1.82) is 0 Å². The number of nitrogens with one attached hydrogen (secondary N) is 3. The van der Waals surface area contributed by atoms with Gasteiger partial charge in [-0.1, -0.05) is 35.9 Å². The normalized spacial score (nSPS) is 17.2. The minimum atomic E-state index is -4.64. The molecule has 3 aromatic rings. The summed E-state index contributed by atoms with van der Waals surface area (Å²) in [4.78, 5) is 12.6. The lowest BCUT2D eigenvalue weighted by Crippen LogP contribution is -2.41. The standard InChI is InChI=1S/C25H27ClF3N5O3S/c1-24(2,3)38(36)33-22(25(27,28)29)15-7-9-16(10-8-15)34-13-11-20(32-34)31-23(35)30-19-12-14-37-21-17(19)5-4-6-18(21)26/h4-11,13,19,22,33H,12,14H2,1-3H3,(H2,30,31,32,35)/t19-,22?,38?/m0/s1. The van der Waals surface area contributed by atoms with Crippen molar-refractivity contribution >= 4 is 34.4 Å². The van der Waals surface area contributed by atoms with Crippen molar-refractivity contribution in [3.8, 4) is 11.4 Å². The molecule has 0 fully saturated rings. The van der Waals surface area contributed by atoms with Gasteiger partial charge in [-0.05, 0) is 44.5 Å². The Bertz CT molecular complexity index is 1330. The van der Waals surface area contributed by atoms with Crippen LogP contribution in [0.3, 0.4) is 0 Å². The number of carbonyl (C=O) groups is 1. The number of anilines is 1. The lowest BCUT2D eigenvalue weighted by molar-refractivity contribution is -0.152. The molecule has 0 bridgehead atoms. The van der Waals surface area contributed by atoms with Gasteiger partial charge in [-0.15, -0.1) is 5.10 Å². The first-order valence-corrected chi connectivity index (χ1v) is 13.2. The monoisotopic (exact) mass is 569 g/mol. The number of amides is 2. The quantitative estimate of drug-likeness (QED) is 0.348. The van der Waals surface area contributed by atoms with E-state index in [1.54, 1.807) is 45.2 Å². The van der Waals surface area contributed by atoms with Gasteiger partial charge in [0.15, 0.2) is 5.82 Å². The number of hydrogen-bond acceptors (Lipinski definition) is 4. The molecular weight excluding hydrogens is 543 g/mol. The first-order chi connectivity index (χ1) is 17.8. The molecule has 8 nitrogen and oxygen atoms in total. The average molecular weight is 570 g/mol. The van der Waals surface area contributed by atoms with E-state index in [1.165, 1.54) is 28.9 Å². The Morgan fingerprint density at radius 3 is 2.53 bits per heavy atom. The molecule has 0 radical (unpaired) electrons. The predicted molar refractivity (Wildman–Crippen MR) is 140 cm³/mol. The number of alkyl halides is 3. The Morgan fingerprint density at radius 2 is 1.87 bits per heavy atom.